The lowest BCUT2D eigenvalue weighted by Crippen LogP contribution is -2.19. The van der Waals surface area contributed by atoms with Gasteiger partial charge < -0.3 is 19.3 Å². The fraction of sp³-hybridized carbons (Fsp3) is 0.290. The summed E-state index contributed by atoms with van der Waals surface area (Å²) >= 11 is 1.47. The molecule has 0 fully saturated rings. The zero-order valence-electron chi connectivity index (χ0n) is 24.3. The number of amides is 1. The average molecular weight is 599 g/mol. The van der Waals surface area contributed by atoms with Gasteiger partial charge in [0, 0.05) is 23.5 Å². The molecule has 3 heterocycles. The van der Waals surface area contributed by atoms with E-state index in [0.29, 0.717) is 45.1 Å². The van der Waals surface area contributed by atoms with Gasteiger partial charge in [0.15, 0.2) is 0 Å². The van der Waals surface area contributed by atoms with E-state index in [-0.39, 0.29) is 13.2 Å². The van der Waals surface area contributed by atoms with E-state index in [0.717, 1.165) is 20.8 Å². The molecule has 0 aliphatic rings. The molecule has 5 aromatic rings. The molecule has 220 valence electrons. The maximum Gasteiger partial charge on any atom is 0.411 e. The Bertz CT molecular complexity index is 1860. The van der Waals surface area contributed by atoms with Crippen molar-refractivity contribution >= 4 is 50.1 Å². The number of thiazole rings is 1. The van der Waals surface area contributed by atoms with Crippen molar-refractivity contribution in [2.75, 3.05) is 25.6 Å². The number of hydrogen-bond donors (Lipinski definition) is 2. The molecule has 1 unspecified atom stereocenters. The molecule has 0 bridgehead atoms. The van der Waals surface area contributed by atoms with Crippen molar-refractivity contribution in [1.82, 2.24) is 19.9 Å². The standard InChI is InChI=1S/C31H30N6O5S/c1-17-9-22(26-23(10-17)36-25(40-6)16-34-26)29-37-27-21(28(38)31(2,3)4)12-20(13-24(27)43-29)41-7-8-42-30(39)35-19-11-18(32-5)14-33-15-19/h9-16,28,38H,7-8H2,1-4,6H3,(H,35,39). The van der Waals surface area contributed by atoms with Crippen LogP contribution in [0.1, 0.15) is 38.0 Å². The molecule has 1 atom stereocenters. The predicted molar refractivity (Wildman–Crippen MR) is 165 cm³/mol. The van der Waals surface area contributed by atoms with Crippen LogP contribution in [-0.4, -0.2) is 51.5 Å². The molecule has 0 radical (unpaired) electrons. The zero-order valence-corrected chi connectivity index (χ0v) is 25.2. The Hall–Kier alpha value is -4.86. The molecular formula is C31H30N6O5S. The summed E-state index contributed by atoms with van der Waals surface area (Å²) in [4.78, 5) is 33.5. The van der Waals surface area contributed by atoms with Crippen LogP contribution in [0.3, 0.4) is 0 Å². The van der Waals surface area contributed by atoms with Crippen molar-refractivity contribution < 1.29 is 24.1 Å². The van der Waals surface area contributed by atoms with Gasteiger partial charge in [0.2, 0.25) is 11.6 Å². The van der Waals surface area contributed by atoms with Gasteiger partial charge in [-0.3, -0.25) is 10.3 Å². The topological polar surface area (TPSA) is 133 Å². The van der Waals surface area contributed by atoms with E-state index in [9.17, 15) is 9.90 Å². The second kappa shape index (κ2) is 12.2. The molecule has 11 nitrogen and oxygen atoms in total. The Morgan fingerprint density at radius 1 is 1.09 bits per heavy atom. The summed E-state index contributed by atoms with van der Waals surface area (Å²) in [5.41, 5.74) is 4.75. The Kier molecular flexibility index (Phi) is 8.38. The maximum atomic E-state index is 12.2. The minimum atomic E-state index is -0.825. The molecule has 0 aliphatic carbocycles. The van der Waals surface area contributed by atoms with Gasteiger partial charge in [0.25, 0.3) is 0 Å². The summed E-state index contributed by atoms with van der Waals surface area (Å²) in [5, 5.41) is 14.6. The summed E-state index contributed by atoms with van der Waals surface area (Å²) in [5.74, 6) is 0.941. The molecule has 2 aromatic carbocycles. The molecule has 5 rings (SSSR count). The van der Waals surface area contributed by atoms with E-state index >= 15 is 0 Å². The molecule has 2 N–H and O–H groups in total. The first-order valence-corrected chi connectivity index (χ1v) is 14.2. The molecule has 0 saturated heterocycles. The third-order valence-electron chi connectivity index (χ3n) is 6.51. The van der Waals surface area contributed by atoms with Crippen molar-refractivity contribution in [1.29, 1.82) is 0 Å². The zero-order chi connectivity index (χ0) is 30.7. The number of benzene rings is 2. The van der Waals surface area contributed by atoms with Crippen LogP contribution in [0.5, 0.6) is 11.6 Å². The first-order chi connectivity index (χ1) is 20.5. The fourth-order valence-corrected chi connectivity index (χ4v) is 5.46. The number of nitrogens with zero attached hydrogens (tertiary/aromatic N) is 5. The van der Waals surface area contributed by atoms with Gasteiger partial charge in [-0.15, -0.1) is 11.3 Å². The number of aliphatic hydroxyl groups excluding tert-OH is 1. The number of carbonyl (C=O) groups is 1. The molecule has 0 saturated carbocycles. The monoisotopic (exact) mass is 598 g/mol. The summed E-state index contributed by atoms with van der Waals surface area (Å²) in [6.07, 6.45) is 2.90. The highest BCUT2D eigenvalue weighted by molar-refractivity contribution is 7.21. The molecule has 1 amide bonds. The van der Waals surface area contributed by atoms with Gasteiger partial charge >= 0.3 is 6.09 Å². The molecule has 43 heavy (non-hydrogen) atoms. The van der Waals surface area contributed by atoms with E-state index in [1.165, 1.54) is 29.8 Å². The largest absolute Gasteiger partial charge is 0.490 e. The normalized spacial score (nSPS) is 12.1. The van der Waals surface area contributed by atoms with Crippen molar-refractivity contribution in [3.63, 3.8) is 0 Å². The SMILES string of the molecule is [C-]#[N+]c1cncc(NC(=O)OCCOc2cc(C(O)C(C)(C)C)c3nc(-c4cc(C)cc5nc(OC)cnc45)sc3c2)c1. The van der Waals surface area contributed by atoms with Crippen LogP contribution in [0.4, 0.5) is 16.2 Å². The summed E-state index contributed by atoms with van der Waals surface area (Å²) in [6.45, 7) is 15.0. The molecule has 3 aromatic heterocycles. The number of aromatic nitrogens is 4. The third kappa shape index (κ3) is 6.63. The van der Waals surface area contributed by atoms with E-state index in [4.69, 9.17) is 25.8 Å². The lowest BCUT2D eigenvalue weighted by atomic mass is 9.84. The van der Waals surface area contributed by atoms with Gasteiger partial charge in [0.05, 0.1) is 52.9 Å². The lowest BCUT2D eigenvalue weighted by molar-refractivity contribution is 0.0635. The highest BCUT2D eigenvalue weighted by Gasteiger charge is 2.28. The maximum absolute atomic E-state index is 12.2. The molecule has 12 heteroatoms. The lowest BCUT2D eigenvalue weighted by Gasteiger charge is -2.26. The number of fused-ring (bicyclic) bond motifs is 2. The number of aliphatic hydroxyl groups is 1. The van der Waals surface area contributed by atoms with E-state index < -0.39 is 17.6 Å². The second-order valence-corrected chi connectivity index (χ2v) is 11.9. The number of carbonyl (C=O) groups excluding carboxylic acids is 1. The number of nitrogens with one attached hydrogen (secondary N) is 1. The number of methoxy groups -OCH3 is 1. The first kappa shape index (κ1) is 29.6. The predicted octanol–water partition coefficient (Wildman–Crippen LogP) is 6.88. The van der Waals surface area contributed by atoms with Gasteiger partial charge in [0.1, 0.15) is 24.0 Å². The molecular weight excluding hydrogens is 568 g/mol. The van der Waals surface area contributed by atoms with E-state index in [1.807, 2.05) is 45.9 Å². The third-order valence-corrected chi connectivity index (χ3v) is 7.54. The van der Waals surface area contributed by atoms with Crippen LogP contribution in [0.2, 0.25) is 0 Å². The highest BCUT2D eigenvalue weighted by Crippen LogP contribution is 2.42. The number of pyridine rings is 1. The Balaban J connectivity index is 1.40. The molecule has 0 spiro atoms. The van der Waals surface area contributed by atoms with Crippen LogP contribution in [0, 0.1) is 18.9 Å². The minimum absolute atomic E-state index is 0.0255. The van der Waals surface area contributed by atoms with Crippen LogP contribution < -0.4 is 14.8 Å². The van der Waals surface area contributed by atoms with Gasteiger partial charge in [-0.1, -0.05) is 20.8 Å². The average Bonchev–Trinajstić information content (AvgIpc) is 3.41. The Morgan fingerprint density at radius 2 is 1.91 bits per heavy atom. The van der Waals surface area contributed by atoms with Crippen molar-refractivity contribution in [3.05, 3.63) is 71.5 Å². The Morgan fingerprint density at radius 3 is 2.65 bits per heavy atom. The first-order valence-electron chi connectivity index (χ1n) is 13.4. The number of aryl methyl sites for hydroxylation is 1. The van der Waals surface area contributed by atoms with Gasteiger partial charge in [-0.05, 0) is 48.2 Å². The summed E-state index contributed by atoms with van der Waals surface area (Å²) in [7, 11) is 1.55. The summed E-state index contributed by atoms with van der Waals surface area (Å²) in [6, 6.07) is 9.12. The van der Waals surface area contributed by atoms with Gasteiger partial charge in [-0.25, -0.2) is 24.6 Å². The number of anilines is 1. The smallest absolute Gasteiger partial charge is 0.411 e. The Labute approximate surface area is 252 Å². The van der Waals surface area contributed by atoms with Crippen LogP contribution in [-0.2, 0) is 4.74 Å². The van der Waals surface area contributed by atoms with Crippen molar-refractivity contribution in [3.8, 4) is 22.2 Å². The fourth-order valence-electron chi connectivity index (χ4n) is 4.42. The van der Waals surface area contributed by atoms with E-state index in [1.54, 1.807) is 19.4 Å². The quantitative estimate of drug-likeness (QED) is 0.145. The number of rotatable bonds is 8. The van der Waals surface area contributed by atoms with E-state index in [2.05, 4.69) is 25.1 Å². The van der Waals surface area contributed by atoms with Crippen molar-refractivity contribution in [2.24, 2.45) is 5.41 Å². The molecule has 0 aliphatic heterocycles. The van der Waals surface area contributed by atoms with Crippen LogP contribution in [0.15, 0.2) is 48.9 Å². The van der Waals surface area contributed by atoms with Crippen molar-refractivity contribution in [2.45, 2.75) is 33.8 Å². The minimum Gasteiger partial charge on any atom is -0.490 e. The number of ether oxygens (including phenoxy) is 3. The second-order valence-electron chi connectivity index (χ2n) is 10.9. The highest BCUT2D eigenvalue weighted by atomic mass is 32.1. The number of hydrogen-bond acceptors (Lipinski definition) is 10. The van der Waals surface area contributed by atoms with Crippen LogP contribution >= 0.6 is 11.3 Å². The van der Waals surface area contributed by atoms with Gasteiger partial charge in [-0.2, -0.15) is 0 Å². The van der Waals surface area contributed by atoms with Crippen LogP contribution in [0.25, 0.3) is 36.7 Å². The summed E-state index contributed by atoms with van der Waals surface area (Å²) < 4.78 is 17.3.